The summed E-state index contributed by atoms with van der Waals surface area (Å²) in [7, 11) is 0. The van der Waals surface area contributed by atoms with Gasteiger partial charge < -0.3 is 0 Å². The minimum atomic E-state index is -4.42. The van der Waals surface area contributed by atoms with Crippen molar-refractivity contribution >= 4 is 16.3 Å². The van der Waals surface area contributed by atoms with Crippen molar-refractivity contribution in [2.75, 3.05) is 0 Å². The topological polar surface area (TPSA) is 12.9 Å². The average molecular weight is 223 g/mol. The SMILES string of the molecule is C=C(c1cncc2ccccc12)C(F)(F)F. The number of pyridine rings is 1. The number of benzene rings is 1. The van der Waals surface area contributed by atoms with Crippen LogP contribution in [0.25, 0.3) is 16.3 Å². The number of rotatable bonds is 1. The van der Waals surface area contributed by atoms with Crippen LogP contribution in [0.2, 0.25) is 0 Å². The predicted octanol–water partition coefficient (Wildman–Crippen LogP) is 3.81. The fraction of sp³-hybridized carbons (Fsp3) is 0.0833. The molecule has 2 aromatic rings. The van der Waals surface area contributed by atoms with Gasteiger partial charge in [0.15, 0.2) is 0 Å². The molecule has 0 N–H and O–H groups in total. The normalized spacial score (nSPS) is 11.7. The van der Waals surface area contributed by atoms with E-state index in [1.807, 2.05) is 0 Å². The van der Waals surface area contributed by atoms with E-state index in [4.69, 9.17) is 0 Å². The maximum Gasteiger partial charge on any atom is 0.416 e. The number of hydrogen-bond acceptors (Lipinski definition) is 1. The molecule has 0 unspecified atom stereocenters. The fourth-order valence-electron chi connectivity index (χ4n) is 1.51. The minimum absolute atomic E-state index is 0.0330. The molecule has 0 aliphatic rings. The van der Waals surface area contributed by atoms with Crippen LogP contribution in [0.3, 0.4) is 0 Å². The summed E-state index contributed by atoms with van der Waals surface area (Å²) in [5.41, 5.74) is -0.831. The highest BCUT2D eigenvalue weighted by Gasteiger charge is 2.33. The Balaban J connectivity index is 2.66. The van der Waals surface area contributed by atoms with E-state index in [-0.39, 0.29) is 5.56 Å². The zero-order chi connectivity index (χ0) is 11.8. The summed E-state index contributed by atoms with van der Waals surface area (Å²) in [6.45, 7) is 3.08. The summed E-state index contributed by atoms with van der Waals surface area (Å²) in [5.74, 6) is 0. The van der Waals surface area contributed by atoms with E-state index >= 15 is 0 Å². The second kappa shape index (κ2) is 3.63. The molecular weight excluding hydrogens is 215 g/mol. The Labute approximate surface area is 90.2 Å². The molecule has 0 spiro atoms. The third-order valence-electron chi connectivity index (χ3n) is 2.34. The van der Waals surface area contributed by atoms with Crippen LogP contribution in [-0.4, -0.2) is 11.2 Å². The van der Waals surface area contributed by atoms with Crippen molar-refractivity contribution in [3.05, 3.63) is 48.8 Å². The molecule has 0 bridgehead atoms. The van der Waals surface area contributed by atoms with Crippen molar-refractivity contribution in [1.82, 2.24) is 4.98 Å². The second-order valence-electron chi connectivity index (χ2n) is 3.38. The van der Waals surface area contributed by atoms with E-state index < -0.39 is 11.7 Å². The van der Waals surface area contributed by atoms with Gasteiger partial charge in [0.2, 0.25) is 0 Å². The number of hydrogen-bond donors (Lipinski definition) is 0. The minimum Gasteiger partial charge on any atom is -0.263 e. The number of nitrogens with zero attached hydrogens (tertiary/aromatic N) is 1. The smallest absolute Gasteiger partial charge is 0.263 e. The number of halogens is 3. The molecule has 2 rings (SSSR count). The zero-order valence-corrected chi connectivity index (χ0v) is 8.25. The van der Waals surface area contributed by atoms with Gasteiger partial charge in [-0.2, -0.15) is 13.2 Å². The quantitative estimate of drug-likeness (QED) is 0.716. The van der Waals surface area contributed by atoms with Gasteiger partial charge in [-0.15, -0.1) is 0 Å². The van der Waals surface area contributed by atoms with Crippen LogP contribution in [0.1, 0.15) is 5.56 Å². The molecule has 1 aromatic heterocycles. The number of alkyl halides is 3. The molecule has 0 aliphatic carbocycles. The van der Waals surface area contributed by atoms with Crippen molar-refractivity contribution in [2.24, 2.45) is 0 Å². The van der Waals surface area contributed by atoms with E-state index in [1.165, 1.54) is 12.4 Å². The molecule has 1 aromatic carbocycles. The van der Waals surface area contributed by atoms with Gasteiger partial charge in [-0.1, -0.05) is 30.8 Å². The Morgan fingerprint density at radius 2 is 1.81 bits per heavy atom. The van der Waals surface area contributed by atoms with Gasteiger partial charge in [-0.25, -0.2) is 0 Å². The van der Waals surface area contributed by atoms with Gasteiger partial charge >= 0.3 is 6.18 Å². The lowest BCUT2D eigenvalue weighted by Crippen LogP contribution is -2.10. The average Bonchev–Trinajstić information content (AvgIpc) is 2.26. The number of allylic oxidation sites excluding steroid dienone is 1. The van der Waals surface area contributed by atoms with Crippen molar-refractivity contribution in [2.45, 2.75) is 6.18 Å². The predicted molar refractivity (Wildman–Crippen MR) is 56.8 cm³/mol. The maximum absolute atomic E-state index is 12.5. The lowest BCUT2D eigenvalue weighted by atomic mass is 10.0. The summed E-state index contributed by atoms with van der Waals surface area (Å²) in [4.78, 5) is 3.79. The first-order valence-corrected chi connectivity index (χ1v) is 4.59. The van der Waals surface area contributed by atoms with Crippen LogP contribution in [0.5, 0.6) is 0 Å². The number of fused-ring (bicyclic) bond motifs is 1. The first-order valence-electron chi connectivity index (χ1n) is 4.59. The van der Waals surface area contributed by atoms with Crippen molar-refractivity contribution in [3.63, 3.8) is 0 Å². The molecule has 4 heteroatoms. The maximum atomic E-state index is 12.5. The highest BCUT2D eigenvalue weighted by atomic mass is 19.4. The van der Waals surface area contributed by atoms with Crippen molar-refractivity contribution in [3.8, 4) is 0 Å². The highest BCUT2D eigenvalue weighted by Crippen LogP contribution is 2.35. The van der Waals surface area contributed by atoms with Crippen LogP contribution in [0.15, 0.2) is 43.2 Å². The van der Waals surface area contributed by atoms with E-state index in [2.05, 4.69) is 11.6 Å². The molecule has 0 saturated carbocycles. The Morgan fingerprint density at radius 3 is 2.50 bits per heavy atom. The Hall–Kier alpha value is -1.84. The lowest BCUT2D eigenvalue weighted by molar-refractivity contribution is -0.0685. The van der Waals surface area contributed by atoms with Gasteiger partial charge in [0, 0.05) is 23.3 Å². The largest absolute Gasteiger partial charge is 0.416 e. The first kappa shape index (κ1) is 10.7. The molecule has 0 radical (unpaired) electrons. The van der Waals surface area contributed by atoms with Crippen molar-refractivity contribution in [1.29, 1.82) is 0 Å². The van der Waals surface area contributed by atoms with E-state index in [1.54, 1.807) is 24.3 Å². The Kier molecular flexibility index (Phi) is 2.42. The molecule has 0 amide bonds. The lowest BCUT2D eigenvalue weighted by Gasteiger charge is -2.11. The van der Waals surface area contributed by atoms with Crippen molar-refractivity contribution < 1.29 is 13.2 Å². The third-order valence-corrected chi connectivity index (χ3v) is 2.34. The van der Waals surface area contributed by atoms with Gasteiger partial charge in [0.1, 0.15) is 0 Å². The standard InChI is InChI=1S/C12H8F3N/c1-8(12(13,14)15)11-7-16-6-9-4-2-3-5-10(9)11/h2-7H,1H2. The monoisotopic (exact) mass is 223 g/mol. The van der Waals surface area contributed by atoms with Gasteiger partial charge in [0.05, 0.1) is 5.57 Å². The van der Waals surface area contributed by atoms with Crippen LogP contribution in [0, 0.1) is 0 Å². The summed E-state index contributed by atoms with van der Waals surface area (Å²) in [6.07, 6.45) is -1.70. The van der Waals surface area contributed by atoms with Crippen LogP contribution in [-0.2, 0) is 0 Å². The molecule has 16 heavy (non-hydrogen) atoms. The molecule has 82 valence electrons. The first-order chi connectivity index (χ1) is 7.50. The van der Waals surface area contributed by atoms with E-state index in [9.17, 15) is 13.2 Å². The molecular formula is C12H8F3N. The summed E-state index contributed by atoms with van der Waals surface area (Å²) in [5, 5.41) is 1.19. The van der Waals surface area contributed by atoms with Gasteiger partial charge in [-0.3, -0.25) is 4.98 Å². The molecule has 1 nitrogen and oxygen atoms in total. The molecule has 0 saturated heterocycles. The molecule has 0 fully saturated rings. The van der Waals surface area contributed by atoms with Gasteiger partial charge in [-0.05, 0) is 5.39 Å². The summed E-state index contributed by atoms with van der Waals surface area (Å²) >= 11 is 0. The van der Waals surface area contributed by atoms with Crippen LogP contribution >= 0.6 is 0 Å². The fourth-order valence-corrected chi connectivity index (χ4v) is 1.51. The molecule has 0 aliphatic heterocycles. The van der Waals surface area contributed by atoms with E-state index in [0.29, 0.717) is 10.8 Å². The molecule has 0 atom stereocenters. The van der Waals surface area contributed by atoms with Crippen LogP contribution in [0.4, 0.5) is 13.2 Å². The number of aromatic nitrogens is 1. The Morgan fingerprint density at radius 1 is 1.12 bits per heavy atom. The summed E-state index contributed by atoms with van der Waals surface area (Å²) in [6, 6.07) is 6.79. The summed E-state index contributed by atoms with van der Waals surface area (Å²) < 4.78 is 37.6. The Bertz CT molecular complexity index is 538. The third kappa shape index (κ3) is 1.78. The molecule has 1 heterocycles. The zero-order valence-electron chi connectivity index (χ0n) is 8.25. The second-order valence-corrected chi connectivity index (χ2v) is 3.38. The highest BCUT2D eigenvalue weighted by molar-refractivity contribution is 5.93. The van der Waals surface area contributed by atoms with Crippen LogP contribution < -0.4 is 0 Å². The van der Waals surface area contributed by atoms with Gasteiger partial charge in [0.25, 0.3) is 0 Å². The van der Waals surface area contributed by atoms with E-state index in [0.717, 1.165) is 0 Å².